The minimum absolute atomic E-state index is 0.325. The highest BCUT2D eigenvalue weighted by atomic mass is 35.5. The van der Waals surface area contributed by atoms with Crippen molar-refractivity contribution >= 4 is 46.5 Å². The molecule has 0 bridgehead atoms. The van der Waals surface area contributed by atoms with Gasteiger partial charge in [-0.2, -0.15) is 0 Å². The predicted octanol–water partition coefficient (Wildman–Crippen LogP) is 5.06. The van der Waals surface area contributed by atoms with Crippen LogP contribution in [-0.4, -0.2) is 11.1 Å². The van der Waals surface area contributed by atoms with Gasteiger partial charge in [0.15, 0.2) is 5.54 Å². The smallest absolute Gasteiger partial charge is 0.333 e. The molecule has 2 N–H and O–H groups in total. The second-order valence-corrected chi connectivity index (χ2v) is 5.97. The average molecular weight is 345 g/mol. The second kappa shape index (κ2) is 6.14. The third-order valence-electron chi connectivity index (χ3n) is 3.13. The molecule has 1 atom stereocenters. The van der Waals surface area contributed by atoms with E-state index in [9.17, 15) is 9.90 Å². The highest BCUT2D eigenvalue weighted by Gasteiger charge is 2.37. The Morgan fingerprint density at radius 3 is 2.19 bits per heavy atom. The second-order valence-electron chi connectivity index (χ2n) is 4.69. The van der Waals surface area contributed by atoms with Crippen LogP contribution >= 0.6 is 34.8 Å². The molecule has 0 aromatic heterocycles. The fourth-order valence-corrected chi connectivity index (χ4v) is 2.54. The van der Waals surface area contributed by atoms with E-state index in [0.717, 1.165) is 0 Å². The van der Waals surface area contributed by atoms with Gasteiger partial charge < -0.3 is 10.4 Å². The number of anilines is 1. The molecule has 1 unspecified atom stereocenters. The summed E-state index contributed by atoms with van der Waals surface area (Å²) in [5, 5.41) is 13.9. The van der Waals surface area contributed by atoms with Gasteiger partial charge in [-0.25, -0.2) is 4.79 Å². The molecular formula is C15H12Cl3NO2. The molecule has 0 aliphatic carbocycles. The van der Waals surface area contributed by atoms with Gasteiger partial charge in [-0.05, 0) is 49.4 Å². The summed E-state index contributed by atoms with van der Waals surface area (Å²) in [6.45, 7) is 1.53. The number of nitrogens with one attached hydrogen (secondary N) is 1. The third kappa shape index (κ3) is 3.43. The molecular weight excluding hydrogens is 333 g/mol. The zero-order valence-corrected chi connectivity index (χ0v) is 13.3. The molecule has 6 heteroatoms. The quantitative estimate of drug-likeness (QED) is 0.815. The van der Waals surface area contributed by atoms with Crippen molar-refractivity contribution in [1.29, 1.82) is 0 Å². The number of halogens is 3. The van der Waals surface area contributed by atoms with Crippen LogP contribution in [0.15, 0.2) is 42.5 Å². The van der Waals surface area contributed by atoms with Gasteiger partial charge in [0.25, 0.3) is 0 Å². The van der Waals surface area contributed by atoms with Gasteiger partial charge in [-0.15, -0.1) is 0 Å². The van der Waals surface area contributed by atoms with E-state index in [1.165, 1.54) is 6.92 Å². The Bertz CT molecular complexity index is 673. The number of carboxylic acid groups (broad SMARTS) is 1. The lowest BCUT2D eigenvalue weighted by molar-refractivity contribution is -0.142. The van der Waals surface area contributed by atoms with Crippen LogP contribution in [0, 0.1) is 0 Å². The van der Waals surface area contributed by atoms with Crippen LogP contribution in [0.25, 0.3) is 0 Å². The zero-order valence-electron chi connectivity index (χ0n) is 11.0. The lowest BCUT2D eigenvalue weighted by Crippen LogP contribution is -2.40. The fraction of sp³-hybridized carbons (Fsp3) is 0.133. The standard InChI is InChI=1S/C15H12Cl3NO2/c1-15(14(20)21,12-8-10(17)4-7-13(12)18)19-11-5-2-9(16)3-6-11/h2-8,19H,1H3,(H,20,21). The lowest BCUT2D eigenvalue weighted by Gasteiger charge is -2.29. The van der Waals surface area contributed by atoms with Gasteiger partial charge in [-0.3, -0.25) is 0 Å². The first kappa shape index (κ1) is 16.0. The topological polar surface area (TPSA) is 49.3 Å². The molecule has 0 heterocycles. The fourth-order valence-electron chi connectivity index (χ4n) is 1.94. The van der Waals surface area contributed by atoms with Crippen molar-refractivity contribution in [2.24, 2.45) is 0 Å². The van der Waals surface area contributed by atoms with Crippen molar-refractivity contribution in [3.63, 3.8) is 0 Å². The van der Waals surface area contributed by atoms with Gasteiger partial charge in [-0.1, -0.05) is 34.8 Å². The summed E-state index contributed by atoms with van der Waals surface area (Å²) in [5.74, 6) is -1.07. The van der Waals surface area contributed by atoms with Crippen LogP contribution in [0.2, 0.25) is 15.1 Å². The highest BCUT2D eigenvalue weighted by Crippen LogP contribution is 2.34. The van der Waals surface area contributed by atoms with E-state index in [0.29, 0.717) is 26.3 Å². The summed E-state index contributed by atoms with van der Waals surface area (Å²) in [6.07, 6.45) is 0. The SMILES string of the molecule is CC(Nc1ccc(Cl)cc1)(C(=O)O)c1cc(Cl)ccc1Cl. The average Bonchev–Trinajstić information content (AvgIpc) is 2.43. The molecule has 2 aromatic rings. The normalized spacial score (nSPS) is 13.5. The van der Waals surface area contributed by atoms with E-state index in [-0.39, 0.29) is 0 Å². The minimum atomic E-state index is -1.42. The zero-order chi connectivity index (χ0) is 15.6. The van der Waals surface area contributed by atoms with E-state index in [1.54, 1.807) is 42.5 Å². The molecule has 0 amide bonds. The number of hydrogen-bond donors (Lipinski definition) is 2. The Morgan fingerprint density at radius 1 is 1.05 bits per heavy atom. The van der Waals surface area contributed by atoms with E-state index >= 15 is 0 Å². The van der Waals surface area contributed by atoms with Crippen LogP contribution in [0.5, 0.6) is 0 Å². The number of benzene rings is 2. The van der Waals surface area contributed by atoms with Crippen molar-refractivity contribution in [2.45, 2.75) is 12.5 Å². The van der Waals surface area contributed by atoms with E-state index < -0.39 is 11.5 Å². The summed E-state index contributed by atoms with van der Waals surface area (Å²) in [6, 6.07) is 11.5. The monoisotopic (exact) mass is 343 g/mol. The molecule has 0 fully saturated rings. The van der Waals surface area contributed by atoms with Crippen molar-refractivity contribution < 1.29 is 9.90 Å². The summed E-state index contributed by atoms with van der Waals surface area (Å²) >= 11 is 17.9. The van der Waals surface area contributed by atoms with E-state index in [1.807, 2.05) is 0 Å². The molecule has 2 aromatic carbocycles. The highest BCUT2D eigenvalue weighted by molar-refractivity contribution is 6.34. The number of rotatable bonds is 4. The Kier molecular flexibility index (Phi) is 4.67. The number of carbonyl (C=O) groups is 1. The first-order chi connectivity index (χ1) is 9.83. The molecule has 0 aliphatic heterocycles. The van der Waals surface area contributed by atoms with Gasteiger partial charge in [0, 0.05) is 26.3 Å². The van der Waals surface area contributed by atoms with Crippen molar-refractivity contribution in [3.8, 4) is 0 Å². The van der Waals surface area contributed by atoms with Crippen molar-refractivity contribution in [3.05, 3.63) is 63.1 Å². The predicted molar refractivity (Wildman–Crippen MR) is 86.5 cm³/mol. The number of carboxylic acids is 1. The summed E-state index contributed by atoms with van der Waals surface area (Å²) in [7, 11) is 0. The molecule has 0 spiro atoms. The molecule has 0 saturated heterocycles. The number of aliphatic carboxylic acids is 1. The Balaban J connectivity index is 2.47. The van der Waals surface area contributed by atoms with Crippen LogP contribution < -0.4 is 5.32 Å². The van der Waals surface area contributed by atoms with Crippen LogP contribution in [-0.2, 0) is 10.3 Å². The molecule has 0 saturated carbocycles. The first-order valence-corrected chi connectivity index (χ1v) is 7.19. The third-order valence-corrected chi connectivity index (χ3v) is 3.95. The van der Waals surface area contributed by atoms with Gasteiger partial charge >= 0.3 is 5.97 Å². The maximum atomic E-state index is 11.8. The largest absolute Gasteiger partial charge is 0.479 e. The number of hydrogen-bond acceptors (Lipinski definition) is 2. The molecule has 3 nitrogen and oxygen atoms in total. The van der Waals surface area contributed by atoms with Crippen LogP contribution in [0.4, 0.5) is 5.69 Å². The molecule has 0 radical (unpaired) electrons. The van der Waals surface area contributed by atoms with Gasteiger partial charge in [0.05, 0.1) is 0 Å². The van der Waals surface area contributed by atoms with Gasteiger partial charge in [0.2, 0.25) is 0 Å². The maximum absolute atomic E-state index is 11.8. The summed E-state index contributed by atoms with van der Waals surface area (Å²) in [4.78, 5) is 11.8. The molecule has 2 rings (SSSR count). The van der Waals surface area contributed by atoms with Crippen molar-refractivity contribution in [1.82, 2.24) is 0 Å². The van der Waals surface area contributed by atoms with E-state index in [4.69, 9.17) is 34.8 Å². The Hall–Kier alpha value is -1.42. The van der Waals surface area contributed by atoms with E-state index in [2.05, 4.69) is 5.32 Å². The Morgan fingerprint density at radius 2 is 1.62 bits per heavy atom. The molecule has 21 heavy (non-hydrogen) atoms. The maximum Gasteiger partial charge on any atom is 0.333 e. The van der Waals surface area contributed by atoms with Crippen molar-refractivity contribution in [2.75, 3.05) is 5.32 Å². The molecule has 110 valence electrons. The lowest BCUT2D eigenvalue weighted by atomic mass is 9.91. The van der Waals surface area contributed by atoms with Gasteiger partial charge in [0.1, 0.15) is 0 Å². The van der Waals surface area contributed by atoms with Crippen LogP contribution in [0.1, 0.15) is 12.5 Å². The Labute approximate surface area is 137 Å². The molecule has 0 aliphatic rings. The summed E-state index contributed by atoms with van der Waals surface area (Å²) < 4.78 is 0. The summed E-state index contributed by atoms with van der Waals surface area (Å²) in [5.41, 5.74) is -0.421. The first-order valence-electron chi connectivity index (χ1n) is 6.05. The van der Waals surface area contributed by atoms with Crippen LogP contribution in [0.3, 0.4) is 0 Å². The minimum Gasteiger partial charge on any atom is -0.479 e.